The summed E-state index contributed by atoms with van der Waals surface area (Å²) < 4.78 is 18.7. The SMILES string of the molecule is COc1ccc(NC(=O)C[S@@](=O)CC(=O)Nc2ccc(-n3cnnn3)c(C)c2)cc1. The molecule has 1 aromatic heterocycles. The highest BCUT2D eigenvalue weighted by molar-refractivity contribution is 7.86. The molecule has 0 bridgehead atoms. The molecule has 2 amide bonds. The van der Waals surface area contributed by atoms with Crippen LogP contribution in [0.2, 0.25) is 0 Å². The summed E-state index contributed by atoms with van der Waals surface area (Å²) in [6.45, 7) is 1.86. The second-order valence-electron chi connectivity index (χ2n) is 6.31. The Morgan fingerprint density at radius 3 is 2.23 bits per heavy atom. The van der Waals surface area contributed by atoms with Gasteiger partial charge in [-0.1, -0.05) is 0 Å². The third-order valence-corrected chi connectivity index (χ3v) is 5.20. The molecule has 2 aromatic carbocycles. The lowest BCUT2D eigenvalue weighted by atomic mass is 10.2. The van der Waals surface area contributed by atoms with Crippen molar-refractivity contribution < 1.29 is 18.5 Å². The van der Waals surface area contributed by atoms with E-state index in [1.807, 2.05) is 6.92 Å². The Bertz CT molecular complexity index is 1050. The number of aromatic nitrogens is 4. The van der Waals surface area contributed by atoms with Crippen LogP contribution >= 0.6 is 0 Å². The number of ether oxygens (including phenoxy) is 1. The zero-order chi connectivity index (χ0) is 21.5. The summed E-state index contributed by atoms with van der Waals surface area (Å²) >= 11 is 0. The molecule has 1 atom stereocenters. The third-order valence-electron chi connectivity index (χ3n) is 4.03. The van der Waals surface area contributed by atoms with E-state index in [9.17, 15) is 13.8 Å². The Labute approximate surface area is 175 Å². The number of nitrogens with zero attached hydrogens (tertiary/aromatic N) is 4. The van der Waals surface area contributed by atoms with Gasteiger partial charge in [0.2, 0.25) is 11.8 Å². The second-order valence-corrected chi connectivity index (χ2v) is 7.77. The molecule has 3 aromatic rings. The minimum atomic E-state index is -1.65. The summed E-state index contributed by atoms with van der Waals surface area (Å²) in [6.07, 6.45) is 1.47. The highest BCUT2D eigenvalue weighted by atomic mass is 32.2. The summed E-state index contributed by atoms with van der Waals surface area (Å²) in [6, 6.07) is 12.0. The van der Waals surface area contributed by atoms with E-state index in [0.717, 1.165) is 11.3 Å². The Kier molecular flexibility index (Phi) is 6.86. The van der Waals surface area contributed by atoms with E-state index in [0.29, 0.717) is 17.1 Å². The van der Waals surface area contributed by atoms with Crippen LogP contribution < -0.4 is 15.4 Å². The first-order chi connectivity index (χ1) is 14.4. The van der Waals surface area contributed by atoms with E-state index in [2.05, 4.69) is 26.2 Å². The fourth-order valence-corrected chi connectivity index (χ4v) is 3.51. The van der Waals surface area contributed by atoms with Crippen molar-refractivity contribution in [3.8, 4) is 11.4 Å². The molecule has 0 aliphatic heterocycles. The van der Waals surface area contributed by atoms with Gasteiger partial charge in [0.25, 0.3) is 0 Å². The van der Waals surface area contributed by atoms with E-state index in [1.165, 1.54) is 11.0 Å². The van der Waals surface area contributed by atoms with Crippen LogP contribution in [0, 0.1) is 6.92 Å². The molecule has 156 valence electrons. The maximum atomic E-state index is 12.2. The monoisotopic (exact) mass is 428 g/mol. The van der Waals surface area contributed by atoms with Gasteiger partial charge in [-0.2, -0.15) is 0 Å². The maximum absolute atomic E-state index is 12.2. The molecule has 0 unspecified atom stereocenters. The fourth-order valence-electron chi connectivity index (χ4n) is 2.67. The van der Waals surface area contributed by atoms with Crippen LogP contribution in [-0.4, -0.2) is 54.8 Å². The van der Waals surface area contributed by atoms with Crippen LogP contribution in [-0.2, 0) is 20.4 Å². The Hall–Kier alpha value is -3.60. The molecule has 10 nitrogen and oxygen atoms in total. The van der Waals surface area contributed by atoms with Crippen molar-refractivity contribution in [1.29, 1.82) is 0 Å². The molecule has 0 saturated carbocycles. The quantitative estimate of drug-likeness (QED) is 0.553. The number of nitrogens with one attached hydrogen (secondary N) is 2. The molecule has 0 fully saturated rings. The van der Waals surface area contributed by atoms with E-state index in [1.54, 1.807) is 49.6 Å². The third kappa shape index (κ3) is 5.70. The number of methoxy groups -OCH3 is 1. The van der Waals surface area contributed by atoms with Gasteiger partial charge in [-0.3, -0.25) is 13.8 Å². The molecule has 0 saturated heterocycles. The van der Waals surface area contributed by atoms with E-state index >= 15 is 0 Å². The maximum Gasteiger partial charge on any atom is 0.237 e. The fraction of sp³-hybridized carbons (Fsp3) is 0.211. The molecule has 2 N–H and O–H groups in total. The van der Waals surface area contributed by atoms with Gasteiger partial charge >= 0.3 is 0 Å². The molecular formula is C19H20N6O4S. The van der Waals surface area contributed by atoms with Gasteiger partial charge in [0, 0.05) is 22.2 Å². The topological polar surface area (TPSA) is 128 Å². The van der Waals surface area contributed by atoms with Gasteiger partial charge in [-0.15, -0.1) is 5.10 Å². The molecule has 0 aliphatic carbocycles. The molecule has 0 spiro atoms. The van der Waals surface area contributed by atoms with Gasteiger partial charge < -0.3 is 15.4 Å². The Morgan fingerprint density at radius 1 is 1.03 bits per heavy atom. The van der Waals surface area contributed by atoms with Crippen molar-refractivity contribution in [1.82, 2.24) is 20.2 Å². The van der Waals surface area contributed by atoms with Gasteiger partial charge in [0.05, 0.1) is 12.8 Å². The highest BCUT2D eigenvalue weighted by Crippen LogP contribution is 2.18. The molecule has 0 aliphatic rings. The van der Waals surface area contributed by atoms with Crippen LogP contribution in [0.5, 0.6) is 5.75 Å². The number of hydrogen-bond acceptors (Lipinski definition) is 7. The minimum absolute atomic E-state index is 0.281. The zero-order valence-corrected chi connectivity index (χ0v) is 17.2. The lowest BCUT2D eigenvalue weighted by Gasteiger charge is -2.09. The number of carbonyl (C=O) groups excluding carboxylic acids is 2. The number of rotatable bonds is 8. The van der Waals surface area contributed by atoms with Crippen LogP contribution in [0.15, 0.2) is 48.8 Å². The second kappa shape index (κ2) is 9.74. The van der Waals surface area contributed by atoms with Crippen molar-refractivity contribution >= 4 is 34.0 Å². The zero-order valence-electron chi connectivity index (χ0n) is 16.4. The van der Waals surface area contributed by atoms with Crippen molar-refractivity contribution in [3.05, 3.63) is 54.4 Å². The first-order valence-electron chi connectivity index (χ1n) is 8.87. The largest absolute Gasteiger partial charge is 0.497 e. The van der Waals surface area contributed by atoms with Crippen LogP contribution in [0.4, 0.5) is 11.4 Å². The average molecular weight is 428 g/mol. The standard InChI is InChI=1S/C19H20N6O4S/c1-13-9-15(5-8-17(13)25-12-20-23-24-25)22-19(27)11-30(28)10-18(26)21-14-3-6-16(29-2)7-4-14/h3-9,12H,10-11H2,1-2H3,(H,21,26)(H,22,27)/t30-/m1/s1. The van der Waals surface area contributed by atoms with Gasteiger partial charge in [-0.25, -0.2) is 4.68 Å². The molecule has 11 heteroatoms. The lowest BCUT2D eigenvalue weighted by molar-refractivity contribution is -0.114. The summed E-state index contributed by atoms with van der Waals surface area (Å²) in [4.78, 5) is 24.2. The number of amides is 2. The van der Waals surface area contributed by atoms with Gasteiger partial charge in [0.1, 0.15) is 23.6 Å². The van der Waals surface area contributed by atoms with Crippen molar-refractivity contribution in [2.45, 2.75) is 6.92 Å². The summed E-state index contributed by atoms with van der Waals surface area (Å²) in [7, 11) is -0.0995. The molecular weight excluding hydrogens is 408 g/mol. The summed E-state index contributed by atoms with van der Waals surface area (Å²) in [5.74, 6) is -0.789. The predicted molar refractivity (Wildman–Crippen MR) is 112 cm³/mol. The molecule has 1 heterocycles. The van der Waals surface area contributed by atoms with Crippen LogP contribution in [0.1, 0.15) is 5.56 Å². The number of aryl methyl sites for hydroxylation is 1. The number of tetrazole rings is 1. The van der Waals surface area contributed by atoms with Crippen LogP contribution in [0.3, 0.4) is 0 Å². The number of hydrogen-bond donors (Lipinski definition) is 2. The smallest absolute Gasteiger partial charge is 0.237 e. The van der Waals surface area contributed by atoms with Gasteiger partial charge in [-0.05, 0) is 65.4 Å². The number of anilines is 2. The predicted octanol–water partition coefficient (Wildman–Crippen LogP) is 1.31. The average Bonchev–Trinajstić information content (AvgIpc) is 3.22. The number of carbonyl (C=O) groups is 2. The van der Waals surface area contributed by atoms with Crippen molar-refractivity contribution in [3.63, 3.8) is 0 Å². The first-order valence-corrected chi connectivity index (χ1v) is 10.4. The highest BCUT2D eigenvalue weighted by Gasteiger charge is 2.14. The summed E-state index contributed by atoms with van der Waals surface area (Å²) in [5, 5.41) is 16.3. The van der Waals surface area contributed by atoms with Crippen LogP contribution in [0.25, 0.3) is 5.69 Å². The van der Waals surface area contributed by atoms with Crippen molar-refractivity contribution in [2.24, 2.45) is 0 Å². The van der Waals surface area contributed by atoms with E-state index in [-0.39, 0.29) is 11.5 Å². The van der Waals surface area contributed by atoms with E-state index < -0.39 is 22.6 Å². The number of benzene rings is 2. The Balaban J connectivity index is 1.49. The minimum Gasteiger partial charge on any atom is -0.497 e. The normalized spacial score (nSPS) is 11.5. The first kappa shape index (κ1) is 21.1. The molecule has 30 heavy (non-hydrogen) atoms. The molecule has 3 rings (SSSR count). The lowest BCUT2D eigenvalue weighted by Crippen LogP contribution is -2.26. The van der Waals surface area contributed by atoms with Crippen molar-refractivity contribution in [2.75, 3.05) is 29.2 Å². The molecule has 0 radical (unpaired) electrons. The summed E-state index contributed by atoms with van der Waals surface area (Å²) in [5.41, 5.74) is 2.73. The van der Waals surface area contributed by atoms with Gasteiger partial charge in [0.15, 0.2) is 0 Å². The van der Waals surface area contributed by atoms with E-state index in [4.69, 9.17) is 4.74 Å². The Morgan fingerprint density at radius 2 is 1.67 bits per heavy atom.